The fraction of sp³-hybridized carbons (Fsp3) is 0.500. The van der Waals surface area contributed by atoms with Gasteiger partial charge in [-0.2, -0.15) is 13.2 Å². The van der Waals surface area contributed by atoms with Crippen LogP contribution in [-0.2, 0) is 10.9 Å². The maximum absolute atomic E-state index is 13.0. The van der Waals surface area contributed by atoms with Crippen LogP contribution in [0.5, 0.6) is 0 Å². The Labute approximate surface area is 121 Å². The standard InChI is InChI=1S/C14H19F3N2O2/c1-3-18-12-6-5-10(9-11(12)14(15,16)17)13(20)19-7-4-8-21-2/h5-6,9,18H,3-4,7-8H2,1-2H3,(H,19,20). The second-order valence-corrected chi connectivity index (χ2v) is 4.39. The van der Waals surface area contributed by atoms with Crippen LogP contribution in [0.15, 0.2) is 18.2 Å². The zero-order valence-electron chi connectivity index (χ0n) is 12.0. The van der Waals surface area contributed by atoms with Crippen LogP contribution in [0.2, 0.25) is 0 Å². The van der Waals surface area contributed by atoms with E-state index < -0.39 is 17.6 Å². The van der Waals surface area contributed by atoms with Crippen LogP contribution in [0.3, 0.4) is 0 Å². The lowest BCUT2D eigenvalue weighted by Gasteiger charge is -2.15. The van der Waals surface area contributed by atoms with E-state index in [4.69, 9.17) is 4.74 Å². The fourth-order valence-corrected chi connectivity index (χ4v) is 1.79. The molecule has 2 N–H and O–H groups in total. The first-order chi connectivity index (χ1) is 9.90. The summed E-state index contributed by atoms with van der Waals surface area (Å²) in [6, 6.07) is 3.51. The molecule has 0 fully saturated rings. The number of benzene rings is 1. The predicted molar refractivity (Wildman–Crippen MR) is 74.4 cm³/mol. The number of carbonyl (C=O) groups is 1. The van der Waals surface area contributed by atoms with Gasteiger partial charge in [0, 0.05) is 38.1 Å². The van der Waals surface area contributed by atoms with E-state index in [0.717, 1.165) is 6.07 Å². The summed E-state index contributed by atoms with van der Waals surface area (Å²) in [7, 11) is 1.54. The number of hydrogen-bond donors (Lipinski definition) is 2. The van der Waals surface area contributed by atoms with Crippen LogP contribution < -0.4 is 10.6 Å². The molecule has 1 aromatic rings. The van der Waals surface area contributed by atoms with Gasteiger partial charge in [-0.3, -0.25) is 4.79 Å². The minimum atomic E-state index is -4.51. The second-order valence-electron chi connectivity index (χ2n) is 4.39. The van der Waals surface area contributed by atoms with Gasteiger partial charge < -0.3 is 15.4 Å². The molecule has 0 saturated heterocycles. The summed E-state index contributed by atoms with van der Waals surface area (Å²) in [5, 5.41) is 5.20. The molecule has 0 aliphatic carbocycles. The molecule has 7 heteroatoms. The predicted octanol–water partition coefficient (Wildman–Crippen LogP) is 2.90. The first-order valence-electron chi connectivity index (χ1n) is 6.62. The van der Waals surface area contributed by atoms with Crippen molar-refractivity contribution in [3.05, 3.63) is 29.3 Å². The molecule has 1 aromatic carbocycles. The molecule has 0 unspecified atom stereocenters. The average Bonchev–Trinajstić information content (AvgIpc) is 2.43. The molecule has 0 aromatic heterocycles. The number of ether oxygens (including phenoxy) is 1. The summed E-state index contributed by atoms with van der Waals surface area (Å²) in [5.74, 6) is -0.528. The van der Waals surface area contributed by atoms with Crippen LogP contribution in [-0.4, -0.2) is 32.7 Å². The Morgan fingerprint density at radius 2 is 2.05 bits per heavy atom. The van der Waals surface area contributed by atoms with Crippen LogP contribution in [0.25, 0.3) is 0 Å². The van der Waals surface area contributed by atoms with Crippen molar-refractivity contribution in [2.45, 2.75) is 19.5 Å². The lowest BCUT2D eigenvalue weighted by atomic mass is 10.1. The molecule has 0 radical (unpaired) electrons. The summed E-state index contributed by atoms with van der Waals surface area (Å²) in [6.45, 7) is 2.90. The Morgan fingerprint density at radius 1 is 1.33 bits per heavy atom. The molecule has 1 rings (SSSR count). The number of nitrogens with one attached hydrogen (secondary N) is 2. The average molecular weight is 304 g/mol. The van der Waals surface area contributed by atoms with Gasteiger partial charge in [-0.1, -0.05) is 0 Å². The molecule has 21 heavy (non-hydrogen) atoms. The van der Waals surface area contributed by atoms with E-state index in [0.29, 0.717) is 26.1 Å². The smallest absolute Gasteiger partial charge is 0.385 e. The lowest BCUT2D eigenvalue weighted by molar-refractivity contribution is -0.137. The van der Waals surface area contributed by atoms with Crippen molar-refractivity contribution in [3.8, 4) is 0 Å². The normalized spacial score (nSPS) is 11.3. The molecule has 0 aliphatic heterocycles. The van der Waals surface area contributed by atoms with Crippen molar-refractivity contribution in [1.29, 1.82) is 0 Å². The maximum atomic E-state index is 13.0. The van der Waals surface area contributed by atoms with Gasteiger partial charge >= 0.3 is 6.18 Å². The molecule has 118 valence electrons. The van der Waals surface area contributed by atoms with Crippen molar-refractivity contribution in [2.24, 2.45) is 0 Å². The second kappa shape index (κ2) is 7.87. The Balaban J connectivity index is 2.87. The van der Waals surface area contributed by atoms with Crippen molar-refractivity contribution < 1.29 is 22.7 Å². The first-order valence-corrected chi connectivity index (χ1v) is 6.62. The highest BCUT2D eigenvalue weighted by atomic mass is 19.4. The Bertz CT molecular complexity index is 476. The SMILES string of the molecule is CCNc1ccc(C(=O)NCCCOC)cc1C(F)(F)F. The highest BCUT2D eigenvalue weighted by molar-refractivity contribution is 5.95. The Morgan fingerprint density at radius 3 is 2.62 bits per heavy atom. The first kappa shape index (κ1) is 17.3. The van der Waals surface area contributed by atoms with E-state index in [1.165, 1.54) is 19.2 Å². The quantitative estimate of drug-likeness (QED) is 0.762. The third-order valence-electron chi connectivity index (χ3n) is 2.77. The highest BCUT2D eigenvalue weighted by Crippen LogP contribution is 2.35. The van der Waals surface area contributed by atoms with Crippen LogP contribution in [0.1, 0.15) is 29.3 Å². The number of hydrogen-bond acceptors (Lipinski definition) is 3. The Hall–Kier alpha value is -1.76. The molecule has 0 heterocycles. The molecule has 0 aliphatic rings. The molecule has 1 amide bonds. The van der Waals surface area contributed by atoms with Crippen molar-refractivity contribution in [2.75, 3.05) is 32.1 Å². The summed E-state index contributed by atoms with van der Waals surface area (Å²) in [5.41, 5.74) is -0.879. The molecule has 4 nitrogen and oxygen atoms in total. The molecule has 0 saturated carbocycles. The topological polar surface area (TPSA) is 50.4 Å². The van der Waals surface area contributed by atoms with Gasteiger partial charge in [0.15, 0.2) is 0 Å². The van der Waals surface area contributed by atoms with Gasteiger partial charge in [0.1, 0.15) is 0 Å². The molecular formula is C14H19F3N2O2. The third kappa shape index (κ3) is 5.26. The van der Waals surface area contributed by atoms with Crippen molar-refractivity contribution in [3.63, 3.8) is 0 Å². The number of methoxy groups -OCH3 is 1. The minimum Gasteiger partial charge on any atom is -0.385 e. The largest absolute Gasteiger partial charge is 0.418 e. The van der Waals surface area contributed by atoms with E-state index in [1.807, 2.05) is 0 Å². The molecule has 0 atom stereocenters. The van der Waals surface area contributed by atoms with Crippen LogP contribution in [0, 0.1) is 0 Å². The maximum Gasteiger partial charge on any atom is 0.418 e. The highest BCUT2D eigenvalue weighted by Gasteiger charge is 2.34. The van der Waals surface area contributed by atoms with Crippen molar-refractivity contribution in [1.82, 2.24) is 5.32 Å². The summed E-state index contributed by atoms with van der Waals surface area (Å²) in [6.07, 6.45) is -3.91. The number of rotatable bonds is 7. The van der Waals surface area contributed by atoms with Gasteiger partial charge in [0.2, 0.25) is 0 Å². The third-order valence-corrected chi connectivity index (χ3v) is 2.77. The van der Waals surface area contributed by atoms with Crippen molar-refractivity contribution >= 4 is 11.6 Å². The number of carbonyl (C=O) groups excluding carboxylic acids is 1. The molecule has 0 spiro atoms. The Kier molecular flexibility index (Phi) is 6.48. The minimum absolute atomic E-state index is 0.0126. The van der Waals surface area contributed by atoms with E-state index >= 15 is 0 Å². The van der Waals surface area contributed by atoms with E-state index in [9.17, 15) is 18.0 Å². The van der Waals surface area contributed by atoms with E-state index in [-0.39, 0.29) is 11.3 Å². The van der Waals surface area contributed by atoms with E-state index in [1.54, 1.807) is 6.92 Å². The zero-order chi connectivity index (χ0) is 15.9. The number of amides is 1. The monoisotopic (exact) mass is 304 g/mol. The van der Waals surface area contributed by atoms with Gasteiger partial charge in [-0.15, -0.1) is 0 Å². The van der Waals surface area contributed by atoms with Gasteiger partial charge in [0.25, 0.3) is 5.91 Å². The number of halogens is 3. The zero-order valence-corrected chi connectivity index (χ0v) is 12.0. The fourth-order valence-electron chi connectivity index (χ4n) is 1.79. The van der Waals surface area contributed by atoms with Gasteiger partial charge in [-0.25, -0.2) is 0 Å². The van der Waals surface area contributed by atoms with Crippen LogP contribution >= 0.6 is 0 Å². The molecular weight excluding hydrogens is 285 g/mol. The summed E-state index contributed by atoms with van der Waals surface area (Å²) in [4.78, 5) is 11.8. The number of anilines is 1. The van der Waals surface area contributed by atoms with Gasteiger partial charge in [-0.05, 0) is 31.5 Å². The van der Waals surface area contributed by atoms with E-state index in [2.05, 4.69) is 10.6 Å². The summed E-state index contributed by atoms with van der Waals surface area (Å²) >= 11 is 0. The van der Waals surface area contributed by atoms with Crippen LogP contribution in [0.4, 0.5) is 18.9 Å². The lowest BCUT2D eigenvalue weighted by Crippen LogP contribution is -2.25. The molecule has 0 bridgehead atoms. The number of alkyl halides is 3. The van der Waals surface area contributed by atoms with Gasteiger partial charge in [0.05, 0.1) is 5.56 Å². The summed E-state index contributed by atoms with van der Waals surface area (Å²) < 4.78 is 43.8.